The van der Waals surface area contributed by atoms with Crippen LogP contribution in [0, 0.1) is 0 Å². The van der Waals surface area contributed by atoms with Crippen LogP contribution in [-0.2, 0) is 6.54 Å². The number of halogens is 1. The highest BCUT2D eigenvalue weighted by Crippen LogP contribution is 2.23. The summed E-state index contributed by atoms with van der Waals surface area (Å²) in [7, 11) is 0. The molecule has 0 aliphatic rings. The molecule has 16 heavy (non-hydrogen) atoms. The molecule has 0 spiro atoms. The first-order valence-electron chi connectivity index (χ1n) is 5.87. The van der Waals surface area contributed by atoms with Crippen molar-refractivity contribution in [1.82, 2.24) is 4.90 Å². The Morgan fingerprint density at radius 2 is 1.81 bits per heavy atom. The second-order valence-electron chi connectivity index (χ2n) is 4.05. The van der Waals surface area contributed by atoms with Crippen LogP contribution in [0.4, 0.5) is 0 Å². The summed E-state index contributed by atoms with van der Waals surface area (Å²) in [6.45, 7) is 7.36. The summed E-state index contributed by atoms with van der Waals surface area (Å²) in [5, 5.41) is 9.77. The highest BCUT2D eigenvalue weighted by atomic mass is 79.9. The van der Waals surface area contributed by atoms with Gasteiger partial charge in [0, 0.05) is 16.6 Å². The second-order valence-corrected chi connectivity index (χ2v) is 4.96. The first kappa shape index (κ1) is 13.5. The molecule has 90 valence electrons. The third-order valence-electron chi connectivity index (χ3n) is 2.52. The smallest absolute Gasteiger partial charge is 0.120 e. The van der Waals surface area contributed by atoms with Gasteiger partial charge < -0.3 is 5.11 Å². The standard InChI is InChI=1S/C13H20BrNO/c1-3-7-15(8-4-2)10-11-9-12(14)5-6-13(11)16/h5-6,9,16H,3-4,7-8,10H2,1-2H3. The number of phenols is 1. The van der Waals surface area contributed by atoms with Gasteiger partial charge in [0.05, 0.1) is 0 Å². The molecule has 0 radical (unpaired) electrons. The van der Waals surface area contributed by atoms with E-state index in [1.165, 1.54) is 0 Å². The Morgan fingerprint density at radius 1 is 1.19 bits per heavy atom. The molecule has 2 nitrogen and oxygen atoms in total. The lowest BCUT2D eigenvalue weighted by Gasteiger charge is -2.21. The molecule has 0 heterocycles. The van der Waals surface area contributed by atoms with E-state index in [0.29, 0.717) is 5.75 Å². The van der Waals surface area contributed by atoms with Crippen LogP contribution in [0.25, 0.3) is 0 Å². The van der Waals surface area contributed by atoms with Crippen LogP contribution >= 0.6 is 15.9 Å². The van der Waals surface area contributed by atoms with E-state index in [1.807, 2.05) is 12.1 Å². The molecule has 0 unspecified atom stereocenters. The molecule has 0 saturated heterocycles. The zero-order chi connectivity index (χ0) is 12.0. The fourth-order valence-corrected chi connectivity index (χ4v) is 2.23. The topological polar surface area (TPSA) is 23.5 Å². The summed E-state index contributed by atoms with van der Waals surface area (Å²) in [4.78, 5) is 2.38. The van der Waals surface area contributed by atoms with Gasteiger partial charge in [-0.15, -0.1) is 0 Å². The van der Waals surface area contributed by atoms with Gasteiger partial charge in [-0.3, -0.25) is 4.90 Å². The SMILES string of the molecule is CCCN(CCC)Cc1cc(Br)ccc1O. The molecule has 0 aromatic heterocycles. The summed E-state index contributed by atoms with van der Waals surface area (Å²) < 4.78 is 1.02. The minimum Gasteiger partial charge on any atom is -0.508 e. The molecule has 1 aromatic carbocycles. The number of rotatable bonds is 6. The van der Waals surface area contributed by atoms with Crippen molar-refractivity contribution in [3.8, 4) is 5.75 Å². The van der Waals surface area contributed by atoms with Gasteiger partial charge >= 0.3 is 0 Å². The predicted octanol–water partition coefficient (Wildman–Crippen LogP) is 3.78. The minimum atomic E-state index is 0.389. The normalized spacial score (nSPS) is 11.0. The number of nitrogens with zero attached hydrogens (tertiary/aromatic N) is 1. The molecule has 0 fully saturated rings. The molecule has 0 amide bonds. The van der Waals surface area contributed by atoms with Crippen molar-refractivity contribution in [3.05, 3.63) is 28.2 Å². The lowest BCUT2D eigenvalue weighted by molar-refractivity contribution is 0.263. The number of phenolic OH excluding ortho intramolecular Hbond substituents is 1. The molecule has 1 aromatic rings. The lowest BCUT2D eigenvalue weighted by Crippen LogP contribution is -2.24. The van der Waals surface area contributed by atoms with Gasteiger partial charge in [-0.05, 0) is 44.1 Å². The Labute approximate surface area is 106 Å². The monoisotopic (exact) mass is 285 g/mol. The van der Waals surface area contributed by atoms with Gasteiger partial charge in [-0.1, -0.05) is 29.8 Å². The minimum absolute atomic E-state index is 0.389. The van der Waals surface area contributed by atoms with E-state index in [-0.39, 0.29) is 0 Å². The van der Waals surface area contributed by atoms with Crippen LogP contribution in [0.3, 0.4) is 0 Å². The van der Waals surface area contributed by atoms with Crippen molar-refractivity contribution >= 4 is 15.9 Å². The van der Waals surface area contributed by atoms with Gasteiger partial charge in [0.15, 0.2) is 0 Å². The number of aromatic hydroxyl groups is 1. The zero-order valence-corrected chi connectivity index (χ0v) is 11.6. The van der Waals surface area contributed by atoms with E-state index in [1.54, 1.807) is 6.07 Å². The third-order valence-corrected chi connectivity index (χ3v) is 3.01. The molecule has 1 N–H and O–H groups in total. The Bertz CT molecular complexity index is 322. The molecule has 3 heteroatoms. The van der Waals surface area contributed by atoms with Crippen molar-refractivity contribution < 1.29 is 5.11 Å². The lowest BCUT2D eigenvalue weighted by atomic mass is 10.2. The van der Waals surface area contributed by atoms with Crippen molar-refractivity contribution in [1.29, 1.82) is 0 Å². The Balaban J connectivity index is 2.71. The summed E-state index contributed by atoms with van der Waals surface area (Å²) in [6, 6.07) is 5.60. The van der Waals surface area contributed by atoms with E-state index >= 15 is 0 Å². The third kappa shape index (κ3) is 4.14. The maximum absolute atomic E-state index is 9.77. The van der Waals surface area contributed by atoms with Gasteiger partial charge in [0.25, 0.3) is 0 Å². The molecule has 0 atom stereocenters. The second kappa shape index (κ2) is 6.92. The van der Waals surface area contributed by atoms with E-state index in [9.17, 15) is 5.11 Å². The summed E-state index contributed by atoms with van der Waals surface area (Å²) >= 11 is 3.43. The fourth-order valence-electron chi connectivity index (χ4n) is 1.82. The Hall–Kier alpha value is -0.540. The van der Waals surface area contributed by atoms with Crippen LogP contribution in [0.15, 0.2) is 22.7 Å². The highest BCUT2D eigenvalue weighted by Gasteiger charge is 2.07. The van der Waals surface area contributed by atoms with Gasteiger partial charge in [-0.25, -0.2) is 0 Å². The summed E-state index contributed by atoms with van der Waals surface area (Å²) in [6.07, 6.45) is 2.30. The van der Waals surface area contributed by atoms with Crippen LogP contribution < -0.4 is 0 Å². The van der Waals surface area contributed by atoms with E-state index in [2.05, 4.69) is 34.7 Å². The van der Waals surface area contributed by atoms with E-state index < -0.39 is 0 Å². The molecule has 0 aliphatic carbocycles. The molecular weight excluding hydrogens is 266 g/mol. The quantitative estimate of drug-likeness (QED) is 0.860. The zero-order valence-electron chi connectivity index (χ0n) is 10.0. The maximum Gasteiger partial charge on any atom is 0.120 e. The Morgan fingerprint density at radius 3 is 2.38 bits per heavy atom. The highest BCUT2D eigenvalue weighted by molar-refractivity contribution is 9.10. The van der Waals surface area contributed by atoms with Crippen LogP contribution in [0.1, 0.15) is 32.3 Å². The molecule has 0 saturated carbocycles. The van der Waals surface area contributed by atoms with Gasteiger partial charge in [-0.2, -0.15) is 0 Å². The summed E-state index contributed by atoms with van der Waals surface area (Å²) in [5.41, 5.74) is 0.997. The molecule has 0 aliphatic heterocycles. The predicted molar refractivity (Wildman–Crippen MR) is 71.7 cm³/mol. The van der Waals surface area contributed by atoms with Gasteiger partial charge in [0.1, 0.15) is 5.75 Å². The van der Waals surface area contributed by atoms with Crippen LogP contribution in [-0.4, -0.2) is 23.1 Å². The first-order chi connectivity index (χ1) is 7.67. The average Bonchev–Trinajstić information content (AvgIpc) is 2.24. The van der Waals surface area contributed by atoms with E-state index in [4.69, 9.17) is 0 Å². The van der Waals surface area contributed by atoms with Gasteiger partial charge in [0.2, 0.25) is 0 Å². The van der Waals surface area contributed by atoms with Crippen molar-refractivity contribution in [2.75, 3.05) is 13.1 Å². The molecule has 1 rings (SSSR count). The number of hydrogen-bond donors (Lipinski definition) is 1. The first-order valence-corrected chi connectivity index (χ1v) is 6.66. The average molecular weight is 286 g/mol. The van der Waals surface area contributed by atoms with E-state index in [0.717, 1.165) is 42.5 Å². The maximum atomic E-state index is 9.77. The largest absolute Gasteiger partial charge is 0.508 e. The number of hydrogen-bond acceptors (Lipinski definition) is 2. The fraction of sp³-hybridized carbons (Fsp3) is 0.538. The molecular formula is C13H20BrNO. The van der Waals surface area contributed by atoms with Crippen LogP contribution in [0.5, 0.6) is 5.75 Å². The summed E-state index contributed by atoms with van der Waals surface area (Å²) in [5.74, 6) is 0.389. The van der Waals surface area contributed by atoms with Crippen molar-refractivity contribution in [3.63, 3.8) is 0 Å². The molecule has 0 bridgehead atoms. The van der Waals surface area contributed by atoms with Crippen LogP contribution in [0.2, 0.25) is 0 Å². The van der Waals surface area contributed by atoms with Crippen molar-refractivity contribution in [2.45, 2.75) is 33.2 Å². The Kier molecular flexibility index (Phi) is 5.85. The number of benzene rings is 1. The van der Waals surface area contributed by atoms with Crippen molar-refractivity contribution in [2.24, 2.45) is 0 Å².